The van der Waals surface area contributed by atoms with Crippen LogP contribution in [0.2, 0.25) is 0 Å². The smallest absolute Gasteiger partial charge is 0.338 e. The Morgan fingerprint density at radius 1 is 0.962 bits per heavy atom. The average molecular weight is 412 g/mol. The highest BCUT2D eigenvalue weighted by molar-refractivity contribution is 9.10. The molecule has 0 N–H and O–H groups in total. The third-order valence-electron chi connectivity index (χ3n) is 3.81. The van der Waals surface area contributed by atoms with Gasteiger partial charge in [-0.25, -0.2) is 4.79 Å². The number of rotatable bonds is 5. The van der Waals surface area contributed by atoms with Crippen LogP contribution in [0, 0.1) is 10.1 Å². The summed E-state index contributed by atoms with van der Waals surface area (Å²) < 4.78 is 5.57. The largest absolute Gasteiger partial charge is 0.457 e. The van der Waals surface area contributed by atoms with Crippen molar-refractivity contribution in [2.45, 2.75) is 6.61 Å². The summed E-state index contributed by atoms with van der Waals surface area (Å²) in [6.07, 6.45) is 0. The molecule has 0 heterocycles. The Hall–Kier alpha value is -2.99. The molecule has 0 bridgehead atoms. The molecule has 3 aromatic rings. The minimum absolute atomic E-state index is 0.0950. The molecule has 0 unspecified atom stereocenters. The lowest BCUT2D eigenvalue weighted by atomic mass is 10.0. The van der Waals surface area contributed by atoms with Crippen LogP contribution in [0.4, 0.5) is 5.69 Å². The topological polar surface area (TPSA) is 69.4 Å². The number of nitro benzene ring substituents is 1. The van der Waals surface area contributed by atoms with Gasteiger partial charge in [-0.1, -0.05) is 54.6 Å². The molecule has 0 aromatic heterocycles. The zero-order chi connectivity index (χ0) is 18.5. The van der Waals surface area contributed by atoms with E-state index in [2.05, 4.69) is 15.9 Å². The molecule has 130 valence electrons. The van der Waals surface area contributed by atoms with Crippen molar-refractivity contribution in [3.05, 3.63) is 98.5 Å². The van der Waals surface area contributed by atoms with Crippen molar-refractivity contribution in [3.63, 3.8) is 0 Å². The van der Waals surface area contributed by atoms with Crippen LogP contribution in [0.15, 0.2) is 77.3 Å². The maximum absolute atomic E-state index is 12.1. The Bertz CT molecular complexity index is 940. The Kier molecular flexibility index (Phi) is 5.43. The summed E-state index contributed by atoms with van der Waals surface area (Å²) in [7, 11) is 0. The Balaban J connectivity index is 1.66. The van der Waals surface area contributed by atoms with Gasteiger partial charge in [0.15, 0.2) is 0 Å². The number of carbonyl (C=O) groups excluding carboxylic acids is 1. The SMILES string of the molecule is O=C(OCc1ccc(-c2ccccc2)cc1)c1ccc(Br)c([N+](=O)[O-])c1. The maximum Gasteiger partial charge on any atom is 0.338 e. The van der Waals surface area contributed by atoms with Gasteiger partial charge in [-0.05, 0) is 44.8 Å². The lowest BCUT2D eigenvalue weighted by Crippen LogP contribution is -2.06. The van der Waals surface area contributed by atoms with Gasteiger partial charge in [0.25, 0.3) is 5.69 Å². The Labute approximate surface area is 158 Å². The van der Waals surface area contributed by atoms with E-state index in [4.69, 9.17) is 4.74 Å². The number of nitrogens with zero attached hydrogens (tertiary/aromatic N) is 1. The molecular formula is C20H14BrNO4. The molecule has 0 radical (unpaired) electrons. The van der Waals surface area contributed by atoms with Gasteiger partial charge < -0.3 is 4.74 Å². The van der Waals surface area contributed by atoms with Gasteiger partial charge in [-0.15, -0.1) is 0 Å². The molecule has 0 spiro atoms. The van der Waals surface area contributed by atoms with E-state index in [0.717, 1.165) is 16.7 Å². The Morgan fingerprint density at radius 3 is 2.27 bits per heavy atom. The van der Waals surface area contributed by atoms with E-state index in [-0.39, 0.29) is 17.9 Å². The summed E-state index contributed by atoms with van der Waals surface area (Å²) in [4.78, 5) is 22.5. The van der Waals surface area contributed by atoms with E-state index >= 15 is 0 Å². The van der Waals surface area contributed by atoms with E-state index in [0.29, 0.717) is 4.47 Å². The fourth-order valence-corrected chi connectivity index (χ4v) is 2.83. The van der Waals surface area contributed by atoms with Gasteiger partial charge in [0.05, 0.1) is 15.0 Å². The van der Waals surface area contributed by atoms with Crippen LogP contribution in [-0.2, 0) is 11.3 Å². The lowest BCUT2D eigenvalue weighted by molar-refractivity contribution is -0.385. The molecule has 6 heteroatoms. The van der Waals surface area contributed by atoms with Gasteiger partial charge in [0, 0.05) is 6.07 Å². The predicted octanol–water partition coefficient (Wildman–Crippen LogP) is 5.38. The van der Waals surface area contributed by atoms with Crippen LogP contribution in [0.25, 0.3) is 11.1 Å². The van der Waals surface area contributed by atoms with Gasteiger partial charge in [-0.2, -0.15) is 0 Å². The second-order valence-electron chi connectivity index (χ2n) is 5.56. The molecule has 0 fully saturated rings. The molecule has 0 saturated heterocycles. The zero-order valence-corrected chi connectivity index (χ0v) is 15.2. The minimum Gasteiger partial charge on any atom is -0.457 e. The molecule has 3 rings (SSSR count). The molecule has 0 aliphatic heterocycles. The molecule has 0 aliphatic rings. The van der Waals surface area contributed by atoms with Crippen LogP contribution < -0.4 is 0 Å². The van der Waals surface area contributed by atoms with E-state index in [1.165, 1.54) is 18.2 Å². The summed E-state index contributed by atoms with van der Waals surface area (Å²) in [6.45, 7) is 0.0950. The standard InChI is InChI=1S/C20H14BrNO4/c21-18-11-10-17(12-19(18)22(24)25)20(23)26-13-14-6-8-16(9-7-14)15-4-2-1-3-5-15/h1-12H,13H2. The second kappa shape index (κ2) is 7.93. The van der Waals surface area contributed by atoms with Gasteiger partial charge in [0.2, 0.25) is 0 Å². The molecular weight excluding hydrogens is 398 g/mol. The molecule has 0 saturated carbocycles. The summed E-state index contributed by atoms with van der Waals surface area (Å²) in [5.41, 5.74) is 2.99. The van der Waals surface area contributed by atoms with Crippen LogP contribution in [0.1, 0.15) is 15.9 Å². The molecule has 0 amide bonds. The maximum atomic E-state index is 12.1. The second-order valence-corrected chi connectivity index (χ2v) is 6.42. The number of ether oxygens (including phenoxy) is 1. The van der Waals surface area contributed by atoms with Crippen LogP contribution >= 0.6 is 15.9 Å². The van der Waals surface area contributed by atoms with Crippen molar-refractivity contribution in [2.75, 3.05) is 0 Å². The summed E-state index contributed by atoms with van der Waals surface area (Å²) in [5.74, 6) is -0.604. The molecule has 0 aliphatic carbocycles. The third-order valence-corrected chi connectivity index (χ3v) is 4.48. The molecule has 26 heavy (non-hydrogen) atoms. The monoisotopic (exact) mass is 411 g/mol. The van der Waals surface area contributed by atoms with Crippen molar-refractivity contribution in [1.29, 1.82) is 0 Å². The number of nitro groups is 1. The highest BCUT2D eigenvalue weighted by Gasteiger charge is 2.16. The Morgan fingerprint density at radius 2 is 1.62 bits per heavy atom. The van der Waals surface area contributed by atoms with Crippen molar-refractivity contribution in [1.82, 2.24) is 0 Å². The summed E-state index contributed by atoms with van der Waals surface area (Å²) in [6, 6.07) is 21.8. The average Bonchev–Trinajstić information content (AvgIpc) is 2.67. The highest BCUT2D eigenvalue weighted by Crippen LogP contribution is 2.26. The lowest BCUT2D eigenvalue weighted by Gasteiger charge is -2.07. The zero-order valence-electron chi connectivity index (χ0n) is 13.6. The van der Waals surface area contributed by atoms with E-state index in [1.807, 2.05) is 54.6 Å². The van der Waals surface area contributed by atoms with Crippen LogP contribution in [0.3, 0.4) is 0 Å². The first-order chi connectivity index (χ1) is 12.5. The number of esters is 1. The van der Waals surface area contributed by atoms with Crippen molar-refractivity contribution >= 4 is 27.6 Å². The van der Waals surface area contributed by atoms with E-state index in [1.54, 1.807) is 0 Å². The first-order valence-electron chi connectivity index (χ1n) is 7.80. The quantitative estimate of drug-likeness (QED) is 0.321. The van der Waals surface area contributed by atoms with Crippen LogP contribution in [0.5, 0.6) is 0 Å². The van der Waals surface area contributed by atoms with Crippen LogP contribution in [-0.4, -0.2) is 10.9 Å². The van der Waals surface area contributed by atoms with E-state index in [9.17, 15) is 14.9 Å². The fraction of sp³-hybridized carbons (Fsp3) is 0.0500. The minimum atomic E-state index is -0.604. The first-order valence-corrected chi connectivity index (χ1v) is 8.59. The van der Waals surface area contributed by atoms with E-state index < -0.39 is 10.9 Å². The number of benzene rings is 3. The first kappa shape index (κ1) is 17.8. The van der Waals surface area contributed by atoms with Crippen molar-refractivity contribution in [3.8, 4) is 11.1 Å². The summed E-state index contributed by atoms with van der Waals surface area (Å²) >= 11 is 3.09. The normalized spacial score (nSPS) is 10.3. The molecule has 5 nitrogen and oxygen atoms in total. The number of carbonyl (C=O) groups is 1. The fourth-order valence-electron chi connectivity index (χ4n) is 2.44. The number of hydrogen-bond donors (Lipinski definition) is 0. The highest BCUT2D eigenvalue weighted by atomic mass is 79.9. The van der Waals surface area contributed by atoms with Crippen molar-refractivity contribution < 1.29 is 14.5 Å². The number of halogens is 1. The summed E-state index contributed by atoms with van der Waals surface area (Å²) in [5, 5.41) is 10.9. The number of hydrogen-bond acceptors (Lipinski definition) is 4. The molecule has 0 atom stereocenters. The van der Waals surface area contributed by atoms with Gasteiger partial charge >= 0.3 is 5.97 Å². The van der Waals surface area contributed by atoms with Crippen molar-refractivity contribution in [2.24, 2.45) is 0 Å². The van der Waals surface area contributed by atoms with Gasteiger partial charge in [-0.3, -0.25) is 10.1 Å². The third kappa shape index (κ3) is 4.15. The molecule has 3 aromatic carbocycles. The van der Waals surface area contributed by atoms with Gasteiger partial charge in [0.1, 0.15) is 6.61 Å². The predicted molar refractivity (Wildman–Crippen MR) is 102 cm³/mol.